The van der Waals surface area contributed by atoms with Crippen LogP contribution in [-0.4, -0.2) is 48.0 Å². The Morgan fingerprint density at radius 2 is 1.77 bits per heavy atom. The van der Waals surface area contributed by atoms with Gasteiger partial charge in [0.05, 0.1) is 24.2 Å². The van der Waals surface area contributed by atoms with Crippen LogP contribution >= 0.6 is 0 Å². The maximum Gasteiger partial charge on any atom is 0.408 e. The number of amides is 1. The normalized spacial score (nSPS) is 13.7. The van der Waals surface area contributed by atoms with Crippen LogP contribution in [0.1, 0.15) is 45.8 Å². The predicted octanol–water partition coefficient (Wildman–Crippen LogP) is 4.59. The Kier molecular flexibility index (Phi) is 8.32. The highest BCUT2D eigenvalue weighted by atomic mass is 16.6. The van der Waals surface area contributed by atoms with Gasteiger partial charge in [0, 0.05) is 18.9 Å². The van der Waals surface area contributed by atoms with Crippen molar-refractivity contribution in [2.45, 2.75) is 58.6 Å². The highest BCUT2D eigenvalue weighted by molar-refractivity contribution is 5.87. The van der Waals surface area contributed by atoms with Crippen LogP contribution in [0.25, 0.3) is 22.1 Å². The fourth-order valence-corrected chi connectivity index (χ4v) is 4.16. The van der Waals surface area contributed by atoms with Gasteiger partial charge in [0.25, 0.3) is 0 Å². The van der Waals surface area contributed by atoms with Gasteiger partial charge in [0.1, 0.15) is 28.7 Å². The zero-order valence-electron chi connectivity index (χ0n) is 22.7. The maximum absolute atomic E-state index is 13.5. The molecule has 2 N–H and O–H groups in total. The molecule has 0 saturated carbocycles. The molecular weight excluding hydrogens is 522 g/mol. The molecule has 2 aromatic carbocycles. The first-order valence-electron chi connectivity index (χ1n) is 12.8. The van der Waals surface area contributed by atoms with Crippen LogP contribution in [0.3, 0.4) is 0 Å². The molecule has 212 valence electrons. The first-order chi connectivity index (χ1) is 18.9. The third-order valence-electron chi connectivity index (χ3n) is 5.92. The van der Waals surface area contributed by atoms with Crippen molar-refractivity contribution in [3.63, 3.8) is 0 Å². The van der Waals surface area contributed by atoms with Crippen molar-refractivity contribution in [3.05, 3.63) is 52.4 Å². The largest absolute Gasteiger partial charge is 0.490 e. The Labute approximate surface area is 230 Å². The van der Waals surface area contributed by atoms with E-state index >= 15 is 0 Å². The number of alkyl carbamates (subject to hydrolysis) is 1. The summed E-state index contributed by atoms with van der Waals surface area (Å²) in [5.74, 6) is -0.478. The Balaban J connectivity index is 1.59. The number of hydrogen-bond acceptors (Lipinski definition) is 9. The summed E-state index contributed by atoms with van der Waals surface area (Å²) in [7, 11) is 0. The molecule has 1 aliphatic heterocycles. The molecule has 0 aliphatic carbocycles. The molecule has 1 aliphatic rings. The van der Waals surface area contributed by atoms with Gasteiger partial charge >= 0.3 is 18.0 Å². The Bertz CT molecular complexity index is 1500. The minimum atomic E-state index is -1.28. The molecule has 0 saturated heterocycles. The fraction of sp³-hybridized carbons (Fsp3) is 0.379. The van der Waals surface area contributed by atoms with E-state index < -0.39 is 29.7 Å². The van der Waals surface area contributed by atoms with Crippen LogP contribution in [0.4, 0.5) is 4.79 Å². The number of aliphatic carboxylic acids is 1. The first-order valence-corrected chi connectivity index (χ1v) is 12.8. The third-order valence-corrected chi connectivity index (χ3v) is 5.92. The molecule has 0 unspecified atom stereocenters. The number of carbonyl (C=O) groups excluding carboxylic acids is 2. The van der Waals surface area contributed by atoms with Crippen LogP contribution < -0.4 is 25.0 Å². The van der Waals surface area contributed by atoms with Gasteiger partial charge in [-0.3, -0.25) is 9.59 Å². The van der Waals surface area contributed by atoms with Gasteiger partial charge in [0.2, 0.25) is 5.43 Å². The van der Waals surface area contributed by atoms with Gasteiger partial charge < -0.3 is 33.8 Å². The summed E-state index contributed by atoms with van der Waals surface area (Å²) < 4.78 is 28.0. The summed E-state index contributed by atoms with van der Waals surface area (Å²) in [6.07, 6.45) is -0.731. The van der Waals surface area contributed by atoms with E-state index in [9.17, 15) is 19.2 Å². The number of carboxylic acids is 1. The zero-order valence-corrected chi connectivity index (χ0v) is 22.7. The summed E-state index contributed by atoms with van der Waals surface area (Å²) in [6.45, 7) is 7.68. The lowest BCUT2D eigenvalue weighted by Gasteiger charge is -2.22. The number of ether oxygens (including phenoxy) is 4. The minimum Gasteiger partial charge on any atom is -0.490 e. The predicted molar refractivity (Wildman–Crippen MR) is 144 cm³/mol. The van der Waals surface area contributed by atoms with E-state index in [0.717, 1.165) is 6.42 Å². The number of benzene rings is 2. The van der Waals surface area contributed by atoms with E-state index in [1.54, 1.807) is 45.9 Å². The van der Waals surface area contributed by atoms with Crippen molar-refractivity contribution in [2.24, 2.45) is 0 Å². The van der Waals surface area contributed by atoms with Gasteiger partial charge in [-0.15, -0.1) is 0 Å². The number of nitrogens with one attached hydrogen (secondary N) is 1. The molecule has 11 heteroatoms. The number of carbonyl (C=O) groups is 3. The molecule has 2 heterocycles. The first kappa shape index (κ1) is 28.5. The van der Waals surface area contributed by atoms with E-state index in [2.05, 4.69) is 5.32 Å². The highest BCUT2D eigenvalue weighted by Gasteiger charge is 2.27. The molecule has 0 fully saturated rings. The number of esters is 1. The van der Waals surface area contributed by atoms with Crippen LogP contribution in [-0.2, 0) is 14.3 Å². The molecule has 0 radical (unpaired) electrons. The Morgan fingerprint density at radius 3 is 2.48 bits per heavy atom. The van der Waals surface area contributed by atoms with E-state index in [0.29, 0.717) is 41.6 Å². The highest BCUT2D eigenvalue weighted by Crippen LogP contribution is 2.35. The molecule has 1 amide bonds. The van der Waals surface area contributed by atoms with Crippen LogP contribution in [0, 0.1) is 6.92 Å². The molecule has 1 atom stereocenters. The van der Waals surface area contributed by atoms with Crippen molar-refractivity contribution in [3.8, 4) is 28.4 Å². The Hall–Kier alpha value is -4.54. The zero-order chi connectivity index (χ0) is 29.0. The molecule has 1 aromatic heterocycles. The number of aryl methyl sites for hydroxylation is 1. The smallest absolute Gasteiger partial charge is 0.408 e. The number of carboxylic acid groups (broad SMARTS) is 1. The fourth-order valence-electron chi connectivity index (χ4n) is 4.16. The van der Waals surface area contributed by atoms with Crippen molar-refractivity contribution in [1.82, 2.24) is 5.32 Å². The maximum atomic E-state index is 13.5. The number of rotatable bonds is 7. The molecule has 0 spiro atoms. The second kappa shape index (κ2) is 11.7. The van der Waals surface area contributed by atoms with Gasteiger partial charge in [-0.2, -0.15) is 0 Å². The average Bonchev–Trinajstić information content (AvgIpc) is 3.10. The third kappa shape index (κ3) is 6.90. The van der Waals surface area contributed by atoms with Gasteiger partial charge in [-0.05, 0) is 63.9 Å². The average molecular weight is 554 g/mol. The van der Waals surface area contributed by atoms with Crippen LogP contribution in [0.5, 0.6) is 17.2 Å². The summed E-state index contributed by atoms with van der Waals surface area (Å²) >= 11 is 0. The standard InChI is InChI=1S/C29H31NO10/c1-16-25(17-6-10-21-23(14-17)37-13-5-12-36-21)26(33)19-8-7-18(15-22(19)38-16)39-27(34)20(9-11-24(31)32)30-28(35)40-29(2,3)4/h6-8,10,14-15,20H,5,9,11-13H2,1-4H3,(H,30,35)(H,31,32)/t20-/m1/s1. The lowest BCUT2D eigenvalue weighted by Crippen LogP contribution is -2.45. The quantitative estimate of drug-likeness (QED) is 0.314. The lowest BCUT2D eigenvalue weighted by molar-refractivity contribution is -0.139. The lowest BCUT2D eigenvalue weighted by atomic mass is 10.0. The van der Waals surface area contributed by atoms with Crippen LogP contribution in [0.2, 0.25) is 0 Å². The minimum absolute atomic E-state index is 0.0506. The second-order valence-corrected chi connectivity index (χ2v) is 10.3. The van der Waals surface area contributed by atoms with Crippen LogP contribution in [0.15, 0.2) is 45.6 Å². The molecular formula is C29H31NO10. The van der Waals surface area contributed by atoms with Crippen molar-refractivity contribution >= 4 is 29.0 Å². The summed E-state index contributed by atoms with van der Waals surface area (Å²) in [4.78, 5) is 49.6. The summed E-state index contributed by atoms with van der Waals surface area (Å²) in [6, 6.07) is 8.28. The molecule has 11 nitrogen and oxygen atoms in total. The topological polar surface area (TPSA) is 151 Å². The SMILES string of the molecule is Cc1oc2cc(OC(=O)[C@@H](CCC(=O)O)NC(=O)OC(C)(C)C)ccc2c(=O)c1-c1ccc2c(c1)OCCCO2. The van der Waals surface area contributed by atoms with E-state index in [1.807, 2.05) is 0 Å². The monoisotopic (exact) mass is 553 g/mol. The number of hydrogen-bond donors (Lipinski definition) is 2. The summed E-state index contributed by atoms with van der Waals surface area (Å²) in [5.41, 5.74) is 0.0626. The van der Waals surface area contributed by atoms with Gasteiger partial charge in [0.15, 0.2) is 11.5 Å². The molecule has 3 aromatic rings. The van der Waals surface area contributed by atoms with E-state index in [1.165, 1.54) is 18.2 Å². The Morgan fingerprint density at radius 1 is 1.05 bits per heavy atom. The summed E-state index contributed by atoms with van der Waals surface area (Å²) in [5, 5.41) is 11.7. The van der Waals surface area contributed by atoms with Crippen molar-refractivity contribution < 1.29 is 42.9 Å². The number of fused-ring (bicyclic) bond motifs is 2. The van der Waals surface area contributed by atoms with E-state index in [4.69, 9.17) is 28.5 Å². The second-order valence-electron chi connectivity index (χ2n) is 10.3. The van der Waals surface area contributed by atoms with Gasteiger partial charge in [-0.1, -0.05) is 6.07 Å². The van der Waals surface area contributed by atoms with Crippen molar-refractivity contribution in [2.75, 3.05) is 13.2 Å². The molecule has 0 bridgehead atoms. The van der Waals surface area contributed by atoms with Crippen molar-refractivity contribution in [1.29, 1.82) is 0 Å². The van der Waals surface area contributed by atoms with Gasteiger partial charge in [-0.25, -0.2) is 9.59 Å². The van der Waals surface area contributed by atoms with E-state index in [-0.39, 0.29) is 35.0 Å². The molecule has 40 heavy (non-hydrogen) atoms. The molecule has 4 rings (SSSR count).